The lowest BCUT2D eigenvalue weighted by Crippen LogP contribution is -2.17. The average Bonchev–Trinajstić information content (AvgIpc) is 2.54. The fourth-order valence-electron chi connectivity index (χ4n) is 3.89. The van der Waals surface area contributed by atoms with Gasteiger partial charge < -0.3 is 4.55 Å². The van der Waals surface area contributed by atoms with Crippen LogP contribution in [0.2, 0.25) is 0 Å². The zero-order chi connectivity index (χ0) is 15.1. The first-order chi connectivity index (χ1) is 10.7. The summed E-state index contributed by atoms with van der Waals surface area (Å²) in [4.78, 5) is 0. The van der Waals surface area contributed by atoms with E-state index in [4.69, 9.17) is 0 Å². The van der Waals surface area contributed by atoms with Crippen LogP contribution < -0.4 is 0 Å². The Morgan fingerprint density at radius 3 is 2.91 bits per heavy atom. The van der Waals surface area contributed by atoms with Crippen molar-refractivity contribution in [2.75, 3.05) is 5.75 Å². The second-order valence-corrected chi connectivity index (χ2v) is 7.07. The molecule has 2 aromatic rings. The highest BCUT2D eigenvalue weighted by molar-refractivity contribution is 7.79. The summed E-state index contributed by atoms with van der Waals surface area (Å²) >= 11 is -1.77. The Labute approximate surface area is 132 Å². The number of allylic oxidation sites excluding steroid dienone is 4. The zero-order valence-corrected chi connectivity index (χ0v) is 13.1. The predicted octanol–water partition coefficient (Wildman–Crippen LogP) is 4.65. The number of fused-ring (bicyclic) bond motifs is 4. The molecule has 2 unspecified atom stereocenters. The molecule has 3 heteroatoms. The Bertz CT molecular complexity index is 832. The van der Waals surface area contributed by atoms with E-state index < -0.39 is 11.1 Å². The van der Waals surface area contributed by atoms with Gasteiger partial charge in [-0.2, -0.15) is 0 Å². The minimum Gasteiger partial charge on any atom is -0.306 e. The van der Waals surface area contributed by atoms with E-state index in [0.29, 0.717) is 5.75 Å². The van der Waals surface area contributed by atoms with Gasteiger partial charge >= 0.3 is 0 Å². The highest BCUT2D eigenvalue weighted by atomic mass is 32.2. The maximum absolute atomic E-state index is 11.5. The highest BCUT2D eigenvalue weighted by Crippen LogP contribution is 2.45. The Kier molecular flexibility index (Phi) is 3.47. The van der Waals surface area contributed by atoms with E-state index in [1.165, 1.54) is 33.0 Å². The van der Waals surface area contributed by atoms with Gasteiger partial charge in [-0.3, -0.25) is 0 Å². The van der Waals surface area contributed by atoms with Crippen molar-refractivity contribution in [3.8, 4) is 0 Å². The number of benzene rings is 2. The second kappa shape index (κ2) is 5.49. The van der Waals surface area contributed by atoms with Crippen LogP contribution in [-0.2, 0) is 11.1 Å². The summed E-state index contributed by atoms with van der Waals surface area (Å²) in [6.07, 6.45) is 7.54. The second-order valence-electron chi connectivity index (χ2n) is 6.10. The van der Waals surface area contributed by atoms with Crippen LogP contribution in [0.15, 0.2) is 54.1 Å². The summed E-state index contributed by atoms with van der Waals surface area (Å²) in [6, 6.07) is 12.7. The molecule has 0 fully saturated rings. The largest absolute Gasteiger partial charge is 0.306 e. The van der Waals surface area contributed by atoms with Gasteiger partial charge in [0.25, 0.3) is 0 Å². The van der Waals surface area contributed by atoms with Gasteiger partial charge in [0, 0.05) is 5.92 Å². The summed E-state index contributed by atoms with van der Waals surface area (Å²) in [5.41, 5.74) is 5.30. The van der Waals surface area contributed by atoms with Crippen LogP contribution in [0.25, 0.3) is 16.3 Å². The van der Waals surface area contributed by atoms with Crippen molar-refractivity contribution in [1.29, 1.82) is 0 Å². The van der Waals surface area contributed by atoms with Crippen LogP contribution >= 0.6 is 0 Å². The molecule has 0 radical (unpaired) electrons. The van der Waals surface area contributed by atoms with E-state index in [1.807, 2.05) is 6.07 Å². The number of hydrogen-bond donors (Lipinski definition) is 1. The van der Waals surface area contributed by atoms with E-state index in [2.05, 4.69) is 42.5 Å². The Morgan fingerprint density at radius 1 is 1.18 bits per heavy atom. The first kappa shape index (κ1) is 13.9. The third kappa shape index (κ3) is 2.25. The first-order valence-electron chi connectivity index (χ1n) is 7.72. The predicted molar refractivity (Wildman–Crippen MR) is 92.2 cm³/mol. The normalized spacial score (nSPS) is 21.6. The first-order valence-corrected chi connectivity index (χ1v) is 8.99. The van der Waals surface area contributed by atoms with Crippen LogP contribution in [0, 0.1) is 0 Å². The van der Waals surface area contributed by atoms with Gasteiger partial charge in [-0.15, -0.1) is 0 Å². The van der Waals surface area contributed by atoms with E-state index in [1.54, 1.807) is 0 Å². The lowest BCUT2D eigenvalue weighted by Gasteiger charge is -2.31. The number of hydrogen-bond acceptors (Lipinski definition) is 1. The van der Waals surface area contributed by atoms with Crippen molar-refractivity contribution >= 4 is 27.4 Å². The molecular formula is C19H18O2S. The summed E-state index contributed by atoms with van der Waals surface area (Å²) in [5.74, 6) is 0.457. The van der Waals surface area contributed by atoms with Crippen LogP contribution in [0.1, 0.15) is 36.3 Å². The van der Waals surface area contributed by atoms with Gasteiger partial charge in [-0.05, 0) is 46.7 Å². The minimum absolute atomic E-state index is 0.136. The lowest BCUT2D eigenvalue weighted by atomic mass is 9.75. The van der Waals surface area contributed by atoms with E-state index in [-0.39, 0.29) is 5.92 Å². The summed E-state index contributed by atoms with van der Waals surface area (Å²) in [6.45, 7) is 0. The molecule has 0 heterocycles. The van der Waals surface area contributed by atoms with Crippen LogP contribution in [-0.4, -0.2) is 14.5 Å². The standard InChI is InChI=1S/C19H18O2S/c20-22(21)12-15-11-14-6-2-3-7-16(14)18-10-9-13-5-1-4-8-17(13)19(15)18/h1,3-5,7-10,15H,2,6,11-12H2,(H,20,21). The smallest absolute Gasteiger partial charge is 0.153 e. The third-order valence-corrected chi connectivity index (χ3v) is 5.47. The SMILES string of the molecule is O=S(O)CC1CC2=C(C=CCC2)c2ccc3ccccc3c21. The zero-order valence-electron chi connectivity index (χ0n) is 12.3. The summed E-state index contributed by atoms with van der Waals surface area (Å²) in [5, 5.41) is 2.43. The Morgan fingerprint density at radius 2 is 2.05 bits per heavy atom. The molecular weight excluding hydrogens is 292 g/mol. The molecule has 2 aliphatic rings. The van der Waals surface area contributed by atoms with E-state index >= 15 is 0 Å². The molecule has 0 aliphatic heterocycles. The fourth-order valence-corrected chi connectivity index (χ4v) is 4.52. The monoisotopic (exact) mass is 310 g/mol. The van der Waals surface area contributed by atoms with Gasteiger partial charge in [-0.1, -0.05) is 54.1 Å². The molecule has 2 atom stereocenters. The van der Waals surface area contributed by atoms with Crippen molar-refractivity contribution in [1.82, 2.24) is 0 Å². The molecule has 4 rings (SSSR count). The van der Waals surface area contributed by atoms with Crippen LogP contribution in [0.5, 0.6) is 0 Å². The molecule has 1 N–H and O–H groups in total. The highest BCUT2D eigenvalue weighted by Gasteiger charge is 2.29. The van der Waals surface area contributed by atoms with E-state index in [9.17, 15) is 8.76 Å². The van der Waals surface area contributed by atoms with Crippen molar-refractivity contribution in [2.24, 2.45) is 0 Å². The van der Waals surface area contributed by atoms with Gasteiger partial charge in [0.05, 0.1) is 5.75 Å². The molecule has 0 saturated carbocycles. The summed E-state index contributed by atoms with van der Waals surface area (Å²) < 4.78 is 20.9. The van der Waals surface area contributed by atoms with Crippen molar-refractivity contribution in [3.63, 3.8) is 0 Å². The van der Waals surface area contributed by atoms with Gasteiger partial charge in [0.2, 0.25) is 0 Å². The molecule has 0 spiro atoms. The molecule has 112 valence electrons. The maximum atomic E-state index is 11.5. The van der Waals surface area contributed by atoms with Crippen molar-refractivity contribution < 1.29 is 8.76 Å². The Hall–Kier alpha value is -1.71. The molecule has 22 heavy (non-hydrogen) atoms. The van der Waals surface area contributed by atoms with Crippen molar-refractivity contribution in [3.05, 3.63) is 65.3 Å². The van der Waals surface area contributed by atoms with Crippen LogP contribution in [0.3, 0.4) is 0 Å². The topological polar surface area (TPSA) is 37.3 Å². The molecule has 0 saturated heterocycles. The van der Waals surface area contributed by atoms with Crippen molar-refractivity contribution in [2.45, 2.75) is 25.2 Å². The molecule has 0 bridgehead atoms. The maximum Gasteiger partial charge on any atom is 0.153 e. The summed E-state index contributed by atoms with van der Waals surface area (Å²) in [7, 11) is 0. The molecule has 2 aromatic carbocycles. The lowest BCUT2D eigenvalue weighted by molar-refractivity contribution is 0.554. The fraction of sp³-hybridized carbons (Fsp3) is 0.263. The molecule has 0 aromatic heterocycles. The van der Waals surface area contributed by atoms with E-state index in [0.717, 1.165) is 19.3 Å². The Balaban J connectivity index is 1.99. The number of rotatable bonds is 2. The van der Waals surface area contributed by atoms with Gasteiger partial charge in [0.1, 0.15) is 0 Å². The van der Waals surface area contributed by atoms with Gasteiger partial charge in [-0.25, -0.2) is 4.21 Å². The minimum atomic E-state index is -1.77. The third-order valence-electron chi connectivity index (χ3n) is 4.78. The van der Waals surface area contributed by atoms with Gasteiger partial charge in [0.15, 0.2) is 11.1 Å². The molecule has 0 amide bonds. The molecule has 2 aliphatic carbocycles. The molecule has 2 nitrogen and oxygen atoms in total. The van der Waals surface area contributed by atoms with Crippen LogP contribution in [0.4, 0.5) is 0 Å². The average molecular weight is 310 g/mol. The quantitative estimate of drug-likeness (QED) is 0.820.